The van der Waals surface area contributed by atoms with Gasteiger partial charge in [0, 0.05) is 18.0 Å². The number of ether oxygens (including phenoxy) is 2. The van der Waals surface area contributed by atoms with Gasteiger partial charge in [-0.05, 0) is 29.7 Å². The molecule has 0 atom stereocenters. The standard InChI is InChI=1S/C20H19NO3/c1-21(17-10-6-8-14-7-4-5-9-16(14)17)20(22)15-11-12-18(23-2)19(13-15)24-3/h4-13H,1-3H3. The van der Waals surface area contributed by atoms with Gasteiger partial charge in [-0.1, -0.05) is 36.4 Å². The maximum absolute atomic E-state index is 12.9. The van der Waals surface area contributed by atoms with Crippen LogP contribution in [0.2, 0.25) is 0 Å². The summed E-state index contributed by atoms with van der Waals surface area (Å²) in [6.45, 7) is 0. The second-order valence-electron chi connectivity index (χ2n) is 5.43. The summed E-state index contributed by atoms with van der Waals surface area (Å²) in [6.07, 6.45) is 0. The molecule has 0 N–H and O–H groups in total. The van der Waals surface area contributed by atoms with Crippen molar-refractivity contribution in [1.29, 1.82) is 0 Å². The van der Waals surface area contributed by atoms with Crippen LogP contribution in [0.5, 0.6) is 11.5 Å². The highest BCUT2D eigenvalue weighted by Crippen LogP contribution is 2.30. The molecular formula is C20H19NO3. The van der Waals surface area contributed by atoms with Crippen molar-refractivity contribution in [1.82, 2.24) is 0 Å². The first-order chi connectivity index (χ1) is 11.7. The molecule has 0 heterocycles. The topological polar surface area (TPSA) is 38.8 Å². The van der Waals surface area contributed by atoms with Crippen LogP contribution < -0.4 is 14.4 Å². The zero-order valence-electron chi connectivity index (χ0n) is 13.9. The van der Waals surface area contributed by atoms with Gasteiger partial charge in [0.2, 0.25) is 0 Å². The van der Waals surface area contributed by atoms with Crippen LogP contribution in [0.1, 0.15) is 10.4 Å². The average molecular weight is 321 g/mol. The molecule has 0 saturated heterocycles. The van der Waals surface area contributed by atoms with Gasteiger partial charge in [0.05, 0.1) is 19.9 Å². The van der Waals surface area contributed by atoms with E-state index in [1.807, 2.05) is 42.5 Å². The summed E-state index contributed by atoms with van der Waals surface area (Å²) in [6, 6.07) is 19.1. The second-order valence-corrected chi connectivity index (χ2v) is 5.43. The fourth-order valence-electron chi connectivity index (χ4n) is 2.77. The molecule has 0 aliphatic heterocycles. The number of rotatable bonds is 4. The lowest BCUT2D eigenvalue weighted by Crippen LogP contribution is -2.26. The molecule has 4 nitrogen and oxygen atoms in total. The Morgan fingerprint density at radius 2 is 1.58 bits per heavy atom. The van der Waals surface area contributed by atoms with Crippen molar-refractivity contribution in [2.45, 2.75) is 0 Å². The normalized spacial score (nSPS) is 10.5. The summed E-state index contributed by atoms with van der Waals surface area (Å²) in [5.74, 6) is 1.03. The van der Waals surface area contributed by atoms with Crippen molar-refractivity contribution in [3.63, 3.8) is 0 Å². The Morgan fingerprint density at radius 1 is 0.875 bits per heavy atom. The molecule has 0 aliphatic carbocycles. The van der Waals surface area contributed by atoms with E-state index in [-0.39, 0.29) is 5.91 Å². The third-order valence-corrected chi connectivity index (χ3v) is 4.06. The molecule has 0 unspecified atom stereocenters. The molecule has 0 saturated carbocycles. The van der Waals surface area contributed by atoms with Gasteiger partial charge in [0.15, 0.2) is 11.5 Å². The van der Waals surface area contributed by atoms with Crippen molar-refractivity contribution < 1.29 is 14.3 Å². The fourth-order valence-corrected chi connectivity index (χ4v) is 2.77. The number of carbonyl (C=O) groups excluding carboxylic acids is 1. The lowest BCUT2D eigenvalue weighted by molar-refractivity contribution is 0.0993. The van der Waals surface area contributed by atoms with Crippen LogP contribution in [-0.4, -0.2) is 27.2 Å². The van der Waals surface area contributed by atoms with Crippen molar-refractivity contribution in [3.8, 4) is 11.5 Å². The highest BCUT2D eigenvalue weighted by molar-refractivity contribution is 6.10. The van der Waals surface area contributed by atoms with E-state index in [0.717, 1.165) is 16.5 Å². The summed E-state index contributed by atoms with van der Waals surface area (Å²) in [7, 11) is 4.91. The molecule has 0 aromatic heterocycles. The molecule has 4 heteroatoms. The first-order valence-electron chi connectivity index (χ1n) is 7.63. The Bertz CT molecular complexity index is 884. The smallest absolute Gasteiger partial charge is 0.258 e. The quantitative estimate of drug-likeness (QED) is 0.725. The van der Waals surface area contributed by atoms with Gasteiger partial charge >= 0.3 is 0 Å². The fraction of sp³-hybridized carbons (Fsp3) is 0.150. The van der Waals surface area contributed by atoms with Crippen molar-refractivity contribution in [3.05, 3.63) is 66.2 Å². The number of nitrogens with zero attached hydrogens (tertiary/aromatic N) is 1. The number of amides is 1. The molecule has 1 amide bonds. The van der Waals surface area contributed by atoms with Gasteiger partial charge in [0.25, 0.3) is 5.91 Å². The maximum Gasteiger partial charge on any atom is 0.258 e. The molecule has 0 spiro atoms. The van der Waals surface area contributed by atoms with E-state index in [1.54, 1.807) is 44.4 Å². The molecule has 3 aromatic carbocycles. The zero-order valence-corrected chi connectivity index (χ0v) is 13.9. The van der Waals surface area contributed by atoms with Gasteiger partial charge < -0.3 is 14.4 Å². The van der Waals surface area contributed by atoms with Crippen LogP contribution in [0.15, 0.2) is 60.7 Å². The molecule has 24 heavy (non-hydrogen) atoms. The Hall–Kier alpha value is -3.01. The number of methoxy groups -OCH3 is 2. The van der Waals surface area contributed by atoms with Gasteiger partial charge in [-0.25, -0.2) is 0 Å². The third kappa shape index (κ3) is 2.78. The van der Waals surface area contributed by atoms with E-state index >= 15 is 0 Å². The summed E-state index contributed by atoms with van der Waals surface area (Å²) < 4.78 is 10.5. The minimum absolute atomic E-state index is 0.104. The summed E-state index contributed by atoms with van der Waals surface area (Å²) in [5, 5.41) is 2.14. The predicted octanol–water partition coefficient (Wildman–Crippen LogP) is 4.13. The highest BCUT2D eigenvalue weighted by atomic mass is 16.5. The largest absolute Gasteiger partial charge is 0.493 e. The summed E-state index contributed by atoms with van der Waals surface area (Å²) in [4.78, 5) is 14.5. The van der Waals surface area contributed by atoms with Crippen molar-refractivity contribution in [2.24, 2.45) is 0 Å². The zero-order chi connectivity index (χ0) is 17.1. The van der Waals surface area contributed by atoms with E-state index in [2.05, 4.69) is 0 Å². The third-order valence-electron chi connectivity index (χ3n) is 4.06. The van der Waals surface area contributed by atoms with E-state index in [4.69, 9.17) is 9.47 Å². The number of hydrogen-bond donors (Lipinski definition) is 0. The molecule has 0 radical (unpaired) electrons. The lowest BCUT2D eigenvalue weighted by Gasteiger charge is -2.20. The molecule has 122 valence electrons. The van der Waals surface area contributed by atoms with Crippen LogP contribution in [0.25, 0.3) is 10.8 Å². The van der Waals surface area contributed by atoms with E-state index in [0.29, 0.717) is 17.1 Å². The molecule has 0 fully saturated rings. The minimum Gasteiger partial charge on any atom is -0.493 e. The molecule has 0 bridgehead atoms. The van der Waals surface area contributed by atoms with Gasteiger partial charge in [-0.2, -0.15) is 0 Å². The Morgan fingerprint density at radius 3 is 2.33 bits per heavy atom. The Kier molecular flexibility index (Phi) is 4.38. The predicted molar refractivity (Wildman–Crippen MR) is 96.2 cm³/mol. The van der Waals surface area contributed by atoms with Gasteiger partial charge in [-0.15, -0.1) is 0 Å². The molecular weight excluding hydrogens is 302 g/mol. The minimum atomic E-state index is -0.104. The van der Waals surface area contributed by atoms with Gasteiger partial charge in [0.1, 0.15) is 0 Å². The van der Waals surface area contributed by atoms with E-state index in [1.165, 1.54) is 0 Å². The number of hydrogen-bond acceptors (Lipinski definition) is 3. The molecule has 3 rings (SSSR count). The van der Waals surface area contributed by atoms with Gasteiger partial charge in [-0.3, -0.25) is 4.79 Å². The lowest BCUT2D eigenvalue weighted by atomic mass is 10.1. The highest BCUT2D eigenvalue weighted by Gasteiger charge is 2.17. The monoisotopic (exact) mass is 321 g/mol. The Balaban J connectivity index is 2.00. The average Bonchev–Trinajstić information content (AvgIpc) is 2.65. The van der Waals surface area contributed by atoms with Crippen molar-refractivity contribution in [2.75, 3.05) is 26.2 Å². The first kappa shape index (κ1) is 15.9. The van der Waals surface area contributed by atoms with Crippen LogP contribution >= 0.6 is 0 Å². The number of fused-ring (bicyclic) bond motifs is 1. The van der Waals surface area contributed by atoms with Crippen LogP contribution in [0, 0.1) is 0 Å². The number of anilines is 1. The van der Waals surface area contributed by atoms with E-state index in [9.17, 15) is 4.79 Å². The first-order valence-corrected chi connectivity index (χ1v) is 7.63. The van der Waals surface area contributed by atoms with E-state index < -0.39 is 0 Å². The SMILES string of the molecule is COc1ccc(C(=O)N(C)c2cccc3ccccc23)cc1OC. The van der Waals surface area contributed by atoms with Crippen molar-refractivity contribution >= 4 is 22.4 Å². The molecule has 0 aliphatic rings. The Labute approximate surface area is 141 Å². The van der Waals surface area contributed by atoms with Crippen LogP contribution in [0.4, 0.5) is 5.69 Å². The maximum atomic E-state index is 12.9. The number of benzene rings is 3. The second kappa shape index (κ2) is 6.62. The summed E-state index contributed by atoms with van der Waals surface area (Å²) >= 11 is 0. The summed E-state index contributed by atoms with van der Waals surface area (Å²) in [5.41, 5.74) is 1.41. The van der Waals surface area contributed by atoms with Crippen LogP contribution in [0.3, 0.4) is 0 Å². The number of carbonyl (C=O) groups is 1. The molecule has 3 aromatic rings. The van der Waals surface area contributed by atoms with Crippen LogP contribution in [-0.2, 0) is 0 Å².